The number of halogens is 3. The second-order valence-corrected chi connectivity index (χ2v) is 4.28. The average Bonchev–Trinajstić information content (AvgIpc) is 2.46. The number of benzene rings is 2. The minimum absolute atomic E-state index is 0.0634. The fourth-order valence-corrected chi connectivity index (χ4v) is 2.01. The third-order valence-electron chi connectivity index (χ3n) is 2.99. The first-order chi connectivity index (χ1) is 9.88. The molecule has 2 rings (SSSR count). The van der Waals surface area contributed by atoms with Crippen molar-refractivity contribution in [2.45, 2.75) is 6.18 Å². The van der Waals surface area contributed by atoms with Crippen LogP contribution in [0.1, 0.15) is 15.9 Å². The molecule has 0 unspecified atom stereocenters. The van der Waals surface area contributed by atoms with E-state index in [2.05, 4.69) is 0 Å². The van der Waals surface area contributed by atoms with Gasteiger partial charge < -0.3 is 9.84 Å². The number of ether oxygens (including phenoxy) is 1. The van der Waals surface area contributed by atoms with Crippen LogP contribution < -0.4 is 4.74 Å². The van der Waals surface area contributed by atoms with Gasteiger partial charge in [-0.2, -0.15) is 13.2 Å². The molecule has 0 aliphatic rings. The standard InChI is InChI=1S/C15H11F3O3/c1-21-13-7-9(6-10(8-19)14(13)20)11-4-2-3-5-12(11)15(16,17)18/h2-8,20H,1H3. The van der Waals surface area contributed by atoms with Crippen molar-refractivity contribution < 1.29 is 27.8 Å². The SMILES string of the molecule is COc1cc(-c2ccccc2C(F)(F)F)cc(C=O)c1O. The number of aldehydes is 1. The van der Waals surface area contributed by atoms with Gasteiger partial charge in [0.25, 0.3) is 0 Å². The fourth-order valence-electron chi connectivity index (χ4n) is 2.01. The fraction of sp³-hybridized carbons (Fsp3) is 0.133. The van der Waals surface area contributed by atoms with Crippen LogP contribution in [0.4, 0.5) is 13.2 Å². The summed E-state index contributed by atoms with van der Waals surface area (Å²) in [5.74, 6) is -0.465. The zero-order chi connectivity index (χ0) is 15.6. The molecule has 0 saturated carbocycles. The molecular weight excluding hydrogens is 285 g/mol. The normalized spacial score (nSPS) is 11.2. The van der Waals surface area contributed by atoms with E-state index in [1.165, 1.54) is 37.4 Å². The summed E-state index contributed by atoms with van der Waals surface area (Å²) in [5, 5.41) is 9.71. The van der Waals surface area contributed by atoms with Gasteiger partial charge in [-0.15, -0.1) is 0 Å². The monoisotopic (exact) mass is 296 g/mol. The molecule has 0 bridgehead atoms. The minimum Gasteiger partial charge on any atom is -0.504 e. The number of phenols is 1. The molecule has 0 aliphatic carbocycles. The topological polar surface area (TPSA) is 46.5 Å². The van der Waals surface area contributed by atoms with E-state index in [1.807, 2.05) is 0 Å². The van der Waals surface area contributed by atoms with Gasteiger partial charge in [0.15, 0.2) is 17.8 Å². The van der Waals surface area contributed by atoms with Gasteiger partial charge >= 0.3 is 6.18 Å². The molecule has 0 heterocycles. The molecule has 3 nitrogen and oxygen atoms in total. The third kappa shape index (κ3) is 2.84. The summed E-state index contributed by atoms with van der Waals surface area (Å²) >= 11 is 0. The third-order valence-corrected chi connectivity index (χ3v) is 2.99. The van der Waals surface area contributed by atoms with E-state index in [0.29, 0.717) is 6.29 Å². The second-order valence-electron chi connectivity index (χ2n) is 4.28. The van der Waals surface area contributed by atoms with Gasteiger partial charge in [-0.25, -0.2) is 0 Å². The largest absolute Gasteiger partial charge is 0.504 e. The van der Waals surface area contributed by atoms with Gasteiger partial charge in [0.1, 0.15) is 0 Å². The lowest BCUT2D eigenvalue weighted by Crippen LogP contribution is -2.07. The molecule has 1 N–H and O–H groups in total. The summed E-state index contributed by atoms with van der Waals surface area (Å²) in [4.78, 5) is 10.9. The number of aromatic hydroxyl groups is 1. The number of hydrogen-bond acceptors (Lipinski definition) is 3. The van der Waals surface area contributed by atoms with E-state index < -0.39 is 17.5 Å². The van der Waals surface area contributed by atoms with Gasteiger partial charge in [-0.05, 0) is 29.3 Å². The van der Waals surface area contributed by atoms with Crippen LogP contribution in [0.5, 0.6) is 11.5 Å². The highest BCUT2D eigenvalue weighted by Gasteiger charge is 2.33. The van der Waals surface area contributed by atoms with Gasteiger partial charge in [0.05, 0.1) is 18.2 Å². The molecule has 0 fully saturated rings. The number of phenolic OH excluding ortho intramolecular Hbond substituents is 1. The number of alkyl halides is 3. The van der Waals surface area contributed by atoms with Crippen molar-refractivity contribution in [3.63, 3.8) is 0 Å². The summed E-state index contributed by atoms with van der Waals surface area (Å²) in [6.07, 6.45) is -4.17. The minimum atomic E-state index is -4.52. The summed E-state index contributed by atoms with van der Waals surface area (Å²) in [6.45, 7) is 0. The molecule has 110 valence electrons. The molecule has 0 amide bonds. The lowest BCUT2D eigenvalue weighted by atomic mass is 9.97. The van der Waals surface area contributed by atoms with Crippen molar-refractivity contribution in [3.8, 4) is 22.6 Å². The van der Waals surface area contributed by atoms with E-state index in [0.717, 1.165) is 6.07 Å². The van der Waals surface area contributed by atoms with E-state index in [9.17, 15) is 23.1 Å². The molecule has 0 aliphatic heterocycles. The maximum atomic E-state index is 13.0. The number of carbonyl (C=O) groups is 1. The van der Waals surface area contributed by atoms with Crippen LogP contribution in [0.25, 0.3) is 11.1 Å². The number of carbonyl (C=O) groups excluding carboxylic acids is 1. The van der Waals surface area contributed by atoms with Crippen LogP contribution in [0.15, 0.2) is 36.4 Å². The quantitative estimate of drug-likeness (QED) is 0.874. The Bertz CT molecular complexity index is 678. The van der Waals surface area contributed by atoms with Gasteiger partial charge in [-0.1, -0.05) is 18.2 Å². The second kappa shape index (κ2) is 5.47. The lowest BCUT2D eigenvalue weighted by Gasteiger charge is -2.14. The smallest absolute Gasteiger partial charge is 0.417 e. The van der Waals surface area contributed by atoms with Gasteiger partial charge in [-0.3, -0.25) is 4.79 Å². The van der Waals surface area contributed by atoms with Crippen LogP contribution in [0.3, 0.4) is 0 Å². The first kappa shape index (κ1) is 14.9. The Morgan fingerprint density at radius 1 is 1.19 bits per heavy atom. The number of hydrogen-bond donors (Lipinski definition) is 1. The predicted molar refractivity (Wildman–Crippen MR) is 70.5 cm³/mol. The lowest BCUT2D eigenvalue weighted by molar-refractivity contribution is -0.137. The van der Waals surface area contributed by atoms with E-state index >= 15 is 0 Å². The highest BCUT2D eigenvalue weighted by Crippen LogP contribution is 2.40. The molecular formula is C15H11F3O3. The van der Waals surface area contributed by atoms with E-state index in [-0.39, 0.29) is 22.4 Å². The number of rotatable bonds is 3. The number of methoxy groups -OCH3 is 1. The Kier molecular flexibility index (Phi) is 3.88. The Morgan fingerprint density at radius 3 is 2.43 bits per heavy atom. The summed E-state index contributed by atoms with van der Waals surface area (Å²) < 4.78 is 44.0. The summed E-state index contributed by atoms with van der Waals surface area (Å²) in [6, 6.07) is 7.44. The maximum absolute atomic E-state index is 13.0. The van der Waals surface area contributed by atoms with Gasteiger partial charge in [0.2, 0.25) is 0 Å². The maximum Gasteiger partial charge on any atom is 0.417 e. The highest BCUT2D eigenvalue weighted by atomic mass is 19.4. The van der Waals surface area contributed by atoms with Crippen molar-refractivity contribution in [2.24, 2.45) is 0 Å². The van der Waals surface area contributed by atoms with Crippen LogP contribution in [0.2, 0.25) is 0 Å². The highest BCUT2D eigenvalue weighted by molar-refractivity contribution is 5.85. The molecule has 0 radical (unpaired) electrons. The first-order valence-corrected chi connectivity index (χ1v) is 5.91. The zero-order valence-corrected chi connectivity index (χ0v) is 10.9. The molecule has 0 spiro atoms. The van der Waals surface area contributed by atoms with Crippen LogP contribution in [0, 0.1) is 0 Å². The van der Waals surface area contributed by atoms with Crippen LogP contribution >= 0.6 is 0 Å². The molecule has 6 heteroatoms. The van der Waals surface area contributed by atoms with Crippen molar-refractivity contribution in [2.75, 3.05) is 7.11 Å². The van der Waals surface area contributed by atoms with E-state index in [1.54, 1.807) is 0 Å². The van der Waals surface area contributed by atoms with Crippen molar-refractivity contribution in [1.29, 1.82) is 0 Å². The van der Waals surface area contributed by atoms with Crippen LogP contribution in [-0.2, 0) is 6.18 Å². The zero-order valence-electron chi connectivity index (χ0n) is 10.9. The Morgan fingerprint density at radius 2 is 1.86 bits per heavy atom. The molecule has 2 aromatic carbocycles. The average molecular weight is 296 g/mol. The molecule has 0 saturated heterocycles. The predicted octanol–water partition coefficient (Wildman–Crippen LogP) is 3.90. The Labute approximate surface area is 118 Å². The van der Waals surface area contributed by atoms with Gasteiger partial charge in [0, 0.05) is 0 Å². The summed E-state index contributed by atoms with van der Waals surface area (Å²) in [7, 11) is 1.25. The molecule has 2 aromatic rings. The van der Waals surface area contributed by atoms with Crippen molar-refractivity contribution in [3.05, 3.63) is 47.5 Å². The van der Waals surface area contributed by atoms with Crippen molar-refractivity contribution >= 4 is 6.29 Å². The first-order valence-electron chi connectivity index (χ1n) is 5.91. The van der Waals surface area contributed by atoms with E-state index in [4.69, 9.17) is 4.74 Å². The molecule has 21 heavy (non-hydrogen) atoms. The summed E-state index contributed by atoms with van der Waals surface area (Å²) in [5.41, 5.74) is -0.915. The molecule has 0 aromatic heterocycles. The Hall–Kier alpha value is -2.50. The van der Waals surface area contributed by atoms with Crippen molar-refractivity contribution in [1.82, 2.24) is 0 Å². The van der Waals surface area contributed by atoms with Crippen LogP contribution in [-0.4, -0.2) is 18.5 Å². The Balaban J connectivity index is 2.71. The molecule has 0 atom stereocenters.